The van der Waals surface area contributed by atoms with Gasteiger partial charge < -0.3 is 19.2 Å². The second kappa shape index (κ2) is 7.58. The van der Waals surface area contributed by atoms with Crippen molar-refractivity contribution in [3.05, 3.63) is 29.5 Å². The molecule has 0 amide bonds. The Hall–Kier alpha value is -2.85. The molecule has 1 aliphatic heterocycles. The van der Waals surface area contributed by atoms with Gasteiger partial charge in [-0.3, -0.25) is 0 Å². The van der Waals surface area contributed by atoms with E-state index in [9.17, 15) is 4.79 Å². The summed E-state index contributed by atoms with van der Waals surface area (Å²) in [5.41, 5.74) is 1.24. The van der Waals surface area contributed by atoms with Gasteiger partial charge in [0.1, 0.15) is 0 Å². The van der Waals surface area contributed by atoms with Gasteiger partial charge in [0.05, 0.1) is 14.2 Å². The zero-order chi connectivity index (χ0) is 18.6. The molecule has 0 saturated heterocycles. The van der Waals surface area contributed by atoms with E-state index in [0.29, 0.717) is 24.3 Å². The highest BCUT2D eigenvalue weighted by Crippen LogP contribution is 2.36. The van der Waals surface area contributed by atoms with Gasteiger partial charge in [-0.25, -0.2) is 4.79 Å². The Bertz CT molecular complexity index is 873. The molecule has 0 aliphatic carbocycles. The fourth-order valence-corrected chi connectivity index (χ4v) is 2.85. The minimum absolute atomic E-state index is 0.150. The van der Waals surface area contributed by atoms with Gasteiger partial charge in [-0.05, 0) is 24.2 Å². The molecular formula is C19H21N3O4. The average molecular weight is 355 g/mol. The molecule has 7 nitrogen and oxygen atoms in total. The Labute approximate surface area is 151 Å². The minimum atomic E-state index is -0.519. The van der Waals surface area contributed by atoms with E-state index in [1.807, 2.05) is 12.1 Å². The number of ether oxygens (including phenoxy) is 2. The summed E-state index contributed by atoms with van der Waals surface area (Å²) in [7, 11) is 2.88. The summed E-state index contributed by atoms with van der Waals surface area (Å²) in [5, 5.41) is 12.5. The van der Waals surface area contributed by atoms with Crippen LogP contribution in [0.25, 0.3) is 11.0 Å². The number of benzene rings is 1. The third-order valence-electron chi connectivity index (χ3n) is 4.41. The highest BCUT2D eigenvalue weighted by Gasteiger charge is 2.38. The zero-order valence-corrected chi connectivity index (χ0v) is 14.9. The average Bonchev–Trinajstić information content (AvgIpc) is 3.29. The third kappa shape index (κ3) is 3.70. The number of carbonyl (C=O) groups excluding carboxylic acids is 1. The number of hydrogen-bond donors (Lipinski definition) is 1. The first-order valence-electron chi connectivity index (χ1n) is 8.38. The lowest BCUT2D eigenvalue weighted by Gasteiger charge is -2.11. The van der Waals surface area contributed by atoms with Crippen LogP contribution in [0.3, 0.4) is 0 Å². The number of carbonyl (C=O) groups is 1. The van der Waals surface area contributed by atoms with Crippen LogP contribution in [-0.2, 0) is 11.3 Å². The normalized spacial score (nSPS) is 14.2. The number of methoxy groups -OCH3 is 2. The molecule has 136 valence electrons. The first-order chi connectivity index (χ1) is 12.6. The van der Waals surface area contributed by atoms with Crippen LogP contribution in [0.1, 0.15) is 35.4 Å². The van der Waals surface area contributed by atoms with Gasteiger partial charge in [-0.15, -0.1) is 12.3 Å². The molecule has 7 heteroatoms. The van der Waals surface area contributed by atoms with Gasteiger partial charge in [-0.1, -0.05) is 6.07 Å². The first kappa shape index (κ1) is 18.0. The Morgan fingerprint density at radius 2 is 2.15 bits per heavy atom. The van der Waals surface area contributed by atoms with Crippen LogP contribution in [0.2, 0.25) is 0 Å². The molecule has 0 spiro atoms. The van der Waals surface area contributed by atoms with Crippen molar-refractivity contribution in [3.63, 3.8) is 0 Å². The Kier molecular flexibility index (Phi) is 5.24. The molecule has 0 radical (unpaired) electrons. The number of rotatable bonds is 9. The zero-order valence-electron chi connectivity index (χ0n) is 14.9. The summed E-state index contributed by atoms with van der Waals surface area (Å²) in [6, 6.07) is 5.45. The van der Waals surface area contributed by atoms with E-state index in [-0.39, 0.29) is 11.4 Å². The first-order valence-corrected chi connectivity index (χ1v) is 8.38. The van der Waals surface area contributed by atoms with Crippen LogP contribution in [0.4, 0.5) is 0 Å². The van der Waals surface area contributed by atoms with Crippen molar-refractivity contribution in [1.82, 2.24) is 5.32 Å². The molecule has 1 N–H and O–H groups in total. The molecule has 1 aliphatic rings. The molecule has 2 aromatic rings. The number of fused-ring (bicyclic) bond motifs is 1. The Morgan fingerprint density at radius 3 is 2.81 bits per heavy atom. The summed E-state index contributed by atoms with van der Waals surface area (Å²) in [4.78, 5) is 11.8. The molecule has 26 heavy (non-hydrogen) atoms. The summed E-state index contributed by atoms with van der Waals surface area (Å²) in [5.74, 6) is 2.83. The van der Waals surface area contributed by atoms with Gasteiger partial charge in [-0.2, -0.15) is 10.2 Å². The predicted octanol–water partition coefficient (Wildman–Crippen LogP) is 3.28. The van der Waals surface area contributed by atoms with E-state index >= 15 is 0 Å². The highest BCUT2D eigenvalue weighted by molar-refractivity contribution is 5.95. The van der Waals surface area contributed by atoms with E-state index in [0.717, 1.165) is 30.3 Å². The van der Waals surface area contributed by atoms with E-state index in [4.69, 9.17) is 20.3 Å². The molecule has 0 saturated carbocycles. The second-order valence-electron chi connectivity index (χ2n) is 6.09. The van der Waals surface area contributed by atoms with E-state index < -0.39 is 5.97 Å². The maximum absolute atomic E-state index is 11.8. The van der Waals surface area contributed by atoms with Crippen molar-refractivity contribution in [2.75, 3.05) is 20.8 Å². The Morgan fingerprint density at radius 1 is 1.35 bits per heavy atom. The molecule has 3 rings (SSSR count). The largest absolute Gasteiger partial charge is 0.493 e. The standard InChI is InChI=1S/C19H21N3O4/c1-4-5-8-19(21-22-19)9-10-20-12-13-6-7-15(24-2)17-14(13)11-16(26-17)18(23)25-3/h1,6-7,11,20H,5,8-10,12H2,2-3H3. The predicted molar refractivity (Wildman–Crippen MR) is 96.1 cm³/mol. The van der Waals surface area contributed by atoms with Crippen molar-refractivity contribution >= 4 is 16.9 Å². The van der Waals surface area contributed by atoms with E-state index in [2.05, 4.69) is 21.5 Å². The van der Waals surface area contributed by atoms with Crippen LogP contribution in [0.15, 0.2) is 32.8 Å². The van der Waals surface area contributed by atoms with Crippen molar-refractivity contribution in [2.45, 2.75) is 31.5 Å². The maximum Gasteiger partial charge on any atom is 0.373 e. The number of terminal acetylenes is 1. The molecule has 0 bridgehead atoms. The topological polar surface area (TPSA) is 85.4 Å². The maximum atomic E-state index is 11.8. The van der Waals surface area contributed by atoms with Crippen molar-refractivity contribution < 1.29 is 18.7 Å². The smallest absolute Gasteiger partial charge is 0.373 e. The van der Waals surface area contributed by atoms with E-state index in [1.54, 1.807) is 13.2 Å². The number of esters is 1. The van der Waals surface area contributed by atoms with E-state index in [1.165, 1.54) is 7.11 Å². The highest BCUT2D eigenvalue weighted by atomic mass is 16.5. The van der Waals surface area contributed by atoms with Gasteiger partial charge >= 0.3 is 5.97 Å². The van der Waals surface area contributed by atoms with Crippen molar-refractivity contribution in [2.24, 2.45) is 10.2 Å². The van der Waals surface area contributed by atoms with Gasteiger partial charge in [0.2, 0.25) is 5.76 Å². The lowest BCUT2D eigenvalue weighted by atomic mass is 10.0. The van der Waals surface area contributed by atoms with Crippen molar-refractivity contribution in [3.8, 4) is 18.1 Å². The number of nitrogens with zero attached hydrogens (tertiary/aromatic N) is 2. The second-order valence-corrected chi connectivity index (χ2v) is 6.09. The lowest BCUT2D eigenvalue weighted by Crippen LogP contribution is -2.22. The van der Waals surface area contributed by atoms with Crippen LogP contribution in [-0.4, -0.2) is 32.4 Å². The molecule has 1 aromatic heterocycles. The summed E-state index contributed by atoms with van der Waals surface area (Å²) in [6.45, 7) is 1.37. The lowest BCUT2D eigenvalue weighted by molar-refractivity contribution is 0.0567. The van der Waals surface area contributed by atoms with Gasteiger partial charge in [0.15, 0.2) is 17.0 Å². The molecule has 2 heterocycles. The Balaban J connectivity index is 1.67. The van der Waals surface area contributed by atoms with Crippen molar-refractivity contribution in [1.29, 1.82) is 0 Å². The summed E-state index contributed by atoms with van der Waals surface area (Å²) in [6.07, 6.45) is 7.59. The van der Waals surface area contributed by atoms with Gasteiger partial charge in [0.25, 0.3) is 0 Å². The number of hydrogen-bond acceptors (Lipinski definition) is 7. The molecule has 0 unspecified atom stereocenters. The summed E-state index contributed by atoms with van der Waals surface area (Å²) >= 11 is 0. The quantitative estimate of drug-likeness (QED) is 0.424. The van der Waals surface area contributed by atoms with Crippen LogP contribution < -0.4 is 10.1 Å². The van der Waals surface area contributed by atoms with Crippen LogP contribution >= 0.6 is 0 Å². The fourth-order valence-electron chi connectivity index (χ4n) is 2.85. The van der Waals surface area contributed by atoms with Crippen LogP contribution in [0, 0.1) is 12.3 Å². The number of furan rings is 1. The SMILES string of the molecule is C#CCCC1(CCNCc2ccc(OC)c3oc(C(=O)OC)cc23)N=N1. The fraction of sp³-hybridized carbons (Fsp3) is 0.421. The monoisotopic (exact) mass is 355 g/mol. The summed E-state index contributed by atoms with van der Waals surface area (Å²) < 4.78 is 15.7. The molecule has 1 aromatic carbocycles. The molecule has 0 atom stereocenters. The van der Waals surface area contributed by atoms with Crippen LogP contribution in [0.5, 0.6) is 5.75 Å². The molecule has 0 fully saturated rings. The third-order valence-corrected chi connectivity index (χ3v) is 4.41. The molecular weight excluding hydrogens is 334 g/mol. The number of nitrogens with one attached hydrogen (secondary N) is 1. The minimum Gasteiger partial charge on any atom is -0.493 e. The van der Waals surface area contributed by atoms with Gasteiger partial charge in [0, 0.05) is 31.2 Å².